The van der Waals surface area contributed by atoms with Gasteiger partial charge in [0.1, 0.15) is 10.8 Å². The molecule has 4 fully saturated rings. The molecule has 0 aromatic carbocycles. The van der Waals surface area contributed by atoms with E-state index in [0.29, 0.717) is 45.0 Å². The van der Waals surface area contributed by atoms with Crippen molar-refractivity contribution in [3.8, 4) is 6.07 Å². The molecule has 5 heterocycles. The Hall–Kier alpha value is -2.38. The molecule has 2 aromatic rings. The van der Waals surface area contributed by atoms with Crippen molar-refractivity contribution in [3.05, 3.63) is 23.5 Å². The van der Waals surface area contributed by atoms with Crippen molar-refractivity contribution >= 4 is 28.3 Å². The van der Waals surface area contributed by atoms with Gasteiger partial charge in [-0.05, 0) is 37.9 Å². The van der Waals surface area contributed by atoms with Gasteiger partial charge < -0.3 is 10.2 Å². The minimum atomic E-state index is -2.54. The molecule has 2 unspecified atom stereocenters. The van der Waals surface area contributed by atoms with Gasteiger partial charge in [0.25, 0.3) is 5.92 Å². The van der Waals surface area contributed by atoms with Crippen molar-refractivity contribution in [1.29, 1.82) is 5.26 Å². The van der Waals surface area contributed by atoms with Crippen molar-refractivity contribution in [2.75, 3.05) is 36.4 Å². The van der Waals surface area contributed by atoms with Gasteiger partial charge in [0, 0.05) is 49.8 Å². The zero-order valence-electron chi connectivity index (χ0n) is 16.9. The van der Waals surface area contributed by atoms with Crippen LogP contribution >= 0.6 is 11.5 Å². The first kappa shape index (κ1) is 19.6. The number of alkyl halides is 2. The maximum Gasteiger partial charge on any atom is 0.256 e. The van der Waals surface area contributed by atoms with Crippen molar-refractivity contribution in [3.63, 3.8) is 0 Å². The number of piperidine rings is 2. The summed E-state index contributed by atoms with van der Waals surface area (Å²) in [5.41, 5.74) is 1.51. The predicted octanol–water partition coefficient (Wildman–Crippen LogP) is 3.35. The summed E-state index contributed by atoms with van der Waals surface area (Å²) in [6.45, 7) is 5.86. The lowest BCUT2D eigenvalue weighted by atomic mass is 9.65. The van der Waals surface area contributed by atoms with Gasteiger partial charge in [-0.2, -0.15) is 14.6 Å². The third-order valence-electron chi connectivity index (χ3n) is 6.70. The highest BCUT2D eigenvalue weighted by Gasteiger charge is 2.64. The highest BCUT2D eigenvalue weighted by molar-refractivity contribution is 7.10. The molecule has 3 saturated heterocycles. The van der Waals surface area contributed by atoms with E-state index in [1.165, 1.54) is 11.5 Å². The fraction of sp³-hybridized carbons (Fsp3) is 0.600. The Morgan fingerprint density at radius 1 is 1.30 bits per heavy atom. The third-order valence-corrected chi connectivity index (χ3v) is 7.49. The number of anilines is 3. The molecule has 158 valence electrons. The molecule has 10 heteroatoms. The Balaban J connectivity index is 1.32. The van der Waals surface area contributed by atoms with Gasteiger partial charge in [0.2, 0.25) is 5.95 Å². The second kappa shape index (κ2) is 6.82. The molecular formula is C20H23F2N7S. The fourth-order valence-electron chi connectivity index (χ4n) is 4.95. The molecule has 4 aliphatic rings. The summed E-state index contributed by atoms with van der Waals surface area (Å²) in [7, 11) is 0. The van der Waals surface area contributed by atoms with E-state index in [-0.39, 0.29) is 5.54 Å². The van der Waals surface area contributed by atoms with Gasteiger partial charge in [-0.3, -0.25) is 4.90 Å². The Bertz CT molecular complexity index is 997. The van der Waals surface area contributed by atoms with Crippen LogP contribution in [-0.4, -0.2) is 56.9 Å². The van der Waals surface area contributed by atoms with Gasteiger partial charge >= 0.3 is 0 Å². The SMILES string of the molecule is Cc1cc(Nc2ncc(C)c(N3CC(CC#N)(N4CC5CC(C4)C5(F)F)C3)n2)sn1. The molecular weight excluding hydrogens is 408 g/mol. The Morgan fingerprint density at radius 2 is 2.03 bits per heavy atom. The lowest BCUT2D eigenvalue weighted by molar-refractivity contribution is -0.240. The highest BCUT2D eigenvalue weighted by atomic mass is 32.1. The number of fused-ring (bicyclic) bond motifs is 2. The molecule has 30 heavy (non-hydrogen) atoms. The lowest BCUT2D eigenvalue weighted by Gasteiger charge is -2.62. The molecule has 6 rings (SSSR count). The quantitative estimate of drug-likeness (QED) is 0.777. The van der Waals surface area contributed by atoms with Crippen molar-refractivity contribution in [2.45, 2.75) is 38.2 Å². The maximum absolute atomic E-state index is 14.0. The fourth-order valence-corrected chi connectivity index (χ4v) is 5.60. The number of nitriles is 1. The Kier molecular flexibility index (Phi) is 4.45. The number of nitrogens with one attached hydrogen (secondary N) is 1. The van der Waals surface area contributed by atoms with E-state index < -0.39 is 17.8 Å². The normalized spacial score (nSPS) is 26.4. The molecule has 1 aliphatic carbocycles. The van der Waals surface area contributed by atoms with Crippen LogP contribution in [0.5, 0.6) is 0 Å². The van der Waals surface area contributed by atoms with Gasteiger partial charge in [0.05, 0.1) is 23.7 Å². The summed E-state index contributed by atoms with van der Waals surface area (Å²) in [4.78, 5) is 13.3. The molecule has 2 aromatic heterocycles. The van der Waals surface area contributed by atoms with Gasteiger partial charge in [0.15, 0.2) is 0 Å². The minimum Gasteiger partial charge on any atom is -0.352 e. The van der Waals surface area contributed by atoms with Crippen molar-refractivity contribution in [1.82, 2.24) is 19.2 Å². The molecule has 0 spiro atoms. The second-order valence-corrected chi connectivity index (χ2v) is 9.59. The van der Waals surface area contributed by atoms with Gasteiger partial charge in [-0.25, -0.2) is 13.8 Å². The predicted molar refractivity (Wildman–Crippen MR) is 110 cm³/mol. The summed E-state index contributed by atoms with van der Waals surface area (Å²) in [6.07, 6.45) is 2.72. The maximum atomic E-state index is 14.0. The van der Waals surface area contributed by atoms with E-state index in [1.807, 2.05) is 19.9 Å². The molecule has 2 atom stereocenters. The molecule has 0 amide bonds. The van der Waals surface area contributed by atoms with E-state index in [2.05, 4.69) is 35.5 Å². The van der Waals surface area contributed by atoms with E-state index in [0.717, 1.165) is 22.1 Å². The summed E-state index contributed by atoms with van der Waals surface area (Å²) >= 11 is 1.35. The summed E-state index contributed by atoms with van der Waals surface area (Å²) in [5, 5.41) is 13.5. The summed E-state index contributed by atoms with van der Waals surface area (Å²) in [6, 6.07) is 4.22. The molecule has 0 radical (unpaired) electrons. The van der Waals surface area contributed by atoms with Gasteiger partial charge in [-0.15, -0.1) is 0 Å². The number of hydrogen-bond donors (Lipinski definition) is 1. The Morgan fingerprint density at radius 3 is 2.63 bits per heavy atom. The largest absolute Gasteiger partial charge is 0.352 e. The van der Waals surface area contributed by atoms with Crippen LogP contribution < -0.4 is 10.2 Å². The standard InChI is InChI=1S/C20H23F2N7S/c1-12-7-24-18(25-16-5-13(2)27-30-16)26-17(12)28-10-19(11-28,3-4-23)29-8-14-6-15(9-29)20(14,21)22/h5,7,14-15H,3,6,8-11H2,1-2H3,(H,24,25,26). The molecule has 2 bridgehead atoms. The zero-order chi connectivity index (χ0) is 21.1. The molecule has 1 saturated carbocycles. The van der Waals surface area contributed by atoms with E-state index >= 15 is 0 Å². The van der Waals surface area contributed by atoms with E-state index in [1.54, 1.807) is 6.20 Å². The first-order valence-corrected chi connectivity index (χ1v) is 10.9. The first-order valence-electron chi connectivity index (χ1n) is 10.1. The van der Waals surface area contributed by atoms with Crippen LogP contribution in [0, 0.1) is 37.0 Å². The zero-order valence-corrected chi connectivity index (χ0v) is 17.7. The van der Waals surface area contributed by atoms with Crippen LogP contribution in [0.2, 0.25) is 0 Å². The summed E-state index contributed by atoms with van der Waals surface area (Å²) in [5.74, 6) is -2.36. The molecule has 1 N–H and O–H groups in total. The molecule has 7 nitrogen and oxygen atoms in total. The van der Waals surface area contributed by atoms with Crippen LogP contribution in [-0.2, 0) is 0 Å². The van der Waals surface area contributed by atoms with Crippen molar-refractivity contribution in [2.24, 2.45) is 11.8 Å². The van der Waals surface area contributed by atoms with E-state index in [4.69, 9.17) is 0 Å². The highest BCUT2D eigenvalue weighted by Crippen LogP contribution is 2.54. The summed E-state index contributed by atoms with van der Waals surface area (Å²) < 4.78 is 32.3. The van der Waals surface area contributed by atoms with Gasteiger partial charge in [-0.1, -0.05) is 0 Å². The second-order valence-electron chi connectivity index (χ2n) is 8.78. The average Bonchev–Trinajstić information content (AvgIpc) is 3.10. The number of hydrogen-bond acceptors (Lipinski definition) is 8. The van der Waals surface area contributed by atoms with Crippen LogP contribution in [0.15, 0.2) is 12.3 Å². The van der Waals surface area contributed by atoms with Crippen LogP contribution in [0.3, 0.4) is 0 Å². The number of aryl methyl sites for hydroxylation is 2. The topological polar surface area (TPSA) is 81.0 Å². The lowest BCUT2D eigenvalue weighted by Crippen LogP contribution is -2.76. The first-order chi connectivity index (χ1) is 14.3. The Labute approximate surface area is 177 Å². The molecule has 3 aliphatic heterocycles. The number of rotatable bonds is 5. The van der Waals surface area contributed by atoms with E-state index in [9.17, 15) is 14.0 Å². The number of halogens is 2. The van der Waals surface area contributed by atoms with Crippen LogP contribution in [0.4, 0.5) is 25.5 Å². The smallest absolute Gasteiger partial charge is 0.256 e. The van der Waals surface area contributed by atoms with Crippen LogP contribution in [0.25, 0.3) is 0 Å². The van der Waals surface area contributed by atoms with Crippen molar-refractivity contribution < 1.29 is 8.78 Å². The monoisotopic (exact) mass is 431 g/mol. The average molecular weight is 432 g/mol. The van der Waals surface area contributed by atoms with Crippen LogP contribution in [0.1, 0.15) is 24.1 Å². The third kappa shape index (κ3) is 3.03. The number of nitrogens with zero attached hydrogens (tertiary/aromatic N) is 6. The number of aromatic nitrogens is 3. The minimum absolute atomic E-state index is 0.337.